The maximum atomic E-state index is 14.0. The zero-order chi connectivity index (χ0) is 22.9. The van der Waals surface area contributed by atoms with Gasteiger partial charge in [0.15, 0.2) is 0 Å². The Morgan fingerprint density at radius 3 is 2.64 bits per heavy atom. The second kappa shape index (κ2) is 8.89. The fourth-order valence-corrected chi connectivity index (χ4v) is 5.19. The Bertz CT molecular complexity index is 1180. The van der Waals surface area contributed by atoms with Gasteiger partial charge in [-0.25, -0.2) is 4.98 Å². The SMILES string of the molecule is [B]c1cccc(N(C(=O)Cn2ccnc2C)C2C(=O)N(C3CCCCC3)c3ccccc32)c1. The van der Waals surface area contributed by atoms with Gasteiger partial charge in [0.25, 0.3) is 5.91 Å². The molecule has 2 amide bonds. The zero-order valence-electron chi connectivity index (χ0n) is 18.9. The van der Waals surface area contributed by atoms with E-state index in [1.54, 1.807) is 34.0 Å². The van der Waals surface area contributed by atoms with Crippen molar-refractivity contribution in [1.82, 2.24) is 9.55 Å². The zero-order valence-corrected chi connectivity index (χ0v) is 18.9. The fraction of sp³-hybridized carbons (Fsp3) is 0.346. The van der Waals surface area contributed by atoms with Crippen LogP contribution in [0.2, 0.25) is 0 Å². The molecule has 5 rings (SSSR count). The Hall–Kier alpha value is -3.35. The molecule has 166 valence electrons. The lowest BCUT2D eigenvalue weighted by molar-refractivity contribution is -0.125. The number of aromatic nitrogens is 2. The van der Waals surface area contributed by atoms with Gasteiger partial charge in [-0.1, -0.05) is 55.1 Å². The average Bonchev–Trinajstić information content (AvgIpc) is 3.35. The number of carbonyl (C=O) groups is 2. The molecule has 6 nitrogen and oxygen atoms in total. The van der Waals surface area contributed by atoms with Crippen molar-refractivity contribution in [2.75, 3.05) is 9.80 Å². The Labute approximate surface area is 195 Å². The lowest BCUT2D eigenvalue weighted by Crippen LogP contribution is -2.46. The minimum atomic E-state index is -0.721. The number of para-hydroxylation sites is 1. The van der Waals surface area contributed by atoms with Crippen molar-refractivity contribution in [2.45, 2.75) is 57.7 Å². The molecule has 2 heterocycles. The van der Waals surface area contributed by atoms with Crippen LogP contribution in [0.1, 0.15) is 49.5 Å². The quantitative estimate of drug-likeness (QED) is 0.574. The van der Waals surface area contributed by atoms with E-state index in [4.69, 9.17) is 7.85 Å². The number of hydrogen-bond donors (Lipinski definition) is 0. The van der Waals surface area contributed by atoms with Gasteiger partial charge >= 0.3 is 0 Å². The first kappa shape index (κ1) is 21.5. The molecule has 2 radical (unpaired) electrons. The van der Waals surface area contributed by atoms with Crippen LogP contribution < -0.4 is 15.3 Å². The number of amides is 2. The van der Waals surface area contributed by atoms with Crippen molar-refractivity contribution < 1.29 is 9.59 Å². The highest BCUT2D eigenvalue weighted by atomic mass is 16.2. The summed E-state index contributed by atoms with van der Waals surface area (Å²) in [6.07, 6.45) is 8.90. The number of carbonyl (C=O) groups excluding carboxylic acids is 2. The molecule has 33 heavy (non-hydrogen) atoms. The van der Waals surface area contributed by atoms with Crippen molar-refractivity contribution in [3.8, 4) is 0 Å². The number of aryl methyl sites for hydroxylation is 1. The third-order valence-corrected chi connectivity index (χ3v) is 6.81. The molecule has 1 aromatic heterocycles. The van der Waals surface area contributed by atoms with Crippen molar-refractivity contribution in [3.63, 3.8) is 0 Å². The maximum Gasteiger partial charge on any atom is 0.255 e. The molecule has 1 saturated carbocycles. The Balaban J connectivity index is 1.58. The number of nitrogens with zero attached hydrogens (tertiary/aromatic N) is 4. The van der Waals surface area contributed by atoms with Gasteiger partial charge in [-0.3, -0.25) is 14.5 Å². The van der Waals surface area contributed by atoms with Crippen molar-refractivity contribution >= 4 is 36.5 Å². The highest BCUT2D eigenvalue weighted by Crippen LogP contribution is 2.44. The maximum absolute atomic E-state index is 14.0. The van der Waals surface area contributed by atoms with Gasteiger partial charge in [0.1, 0.15) is 26.3 Å². The van der Waals surface area contributed by atoms with Crippen LogP contribution in [0.25, 0.3) is 0 Å². The Morgan fingerprint density at radius 2 is 1.91 bits per heavy atom. The van der Waals surface area contributed by atoms with Crippen LogP contribution in [-0.2, 0) is 16.1 Å². The van der Waals surface area contributed by atoms with E-state index in [1.165, 1.54) is 6.42 Å². The van der Waals surface area contributed by atoms with Crippen LogP contribution >= 0.6 is 0 Å². The van der Waals surface area contributed by atoms with E-state index in [0.29, 0.717) is 11.2 Å². The predicted molar refractivity (Wildman–Crippen MR) is 130 cm³/mol. The fourth-order valence-electron chi connectivity index (χ4n) is 5.19. The standard InChI is InChI=1S/C26H27BN4O2/c1-18-28-14-15-29(18)17-24(32)31(21-11-7-8-19(27)16-21)25-22-12-5-6-13-23(22)30(26(25)33)20-9-3-2-4-10-20/h5-8,11-16,20,25H,2-4,9-10,17H2,1H3. The van der Waals surface area contributed by atoms with Gasteiger partial charge in [0, 0.05) is 35.4 Å². The largest absolute Gasteiger partial charge is 0.326 e. The molecule has 0 N–H and O–H groups in total. The Kier molecular flexibility index (Phi) is 5.79. The van der Waals surface area contributed by atoms with Gasteiger partial charge in [-0.2, -0.15) is 0 Å². The first-order chi connectivity index (χ1) is 16.0. The van der Waals surface area contributed by atoms with E-state index in [1.807, 2.05) is 48.2 Å². The second-order valence-corrected chi connectivity index (χ2v) is 8.92. The molecule has 1 unspecified atom stereocenters. The van der Waals surface area contributed by atoms with Crippen LogP contribution in [0, 0.1) is 6.92 Å². The molecule has 0 saturated heterocycles. The lowest BCUT2D eigenvalue weighted by atomic mass is 9.94. The third kappa shape index (κ3) is 3.97. The van der Waals surface area contributed by atoms with E-state index in [9.17, 15) is 9.59 Å². The molecule has 1 atom stereocenters. The summed E-state index contributed by atoms with van der Waals surface area (Å²) in [7, 11) is 6.08. The summed E-state index contributed by atoms with van der Waals surface area (Å²) in [6, 6.07) is 14.5. The van der Waals surface area contributed by atoms with Crippen LogP contribution in [0.15, 0.2) is 60.9 Å². The van der Waals surface area contributed by atoms with Gasteiger partial charge in [0.2, 0.25) is 5.91 Å². The third-order valence-electron chi connectivity index (χ3n) is 6.81. The summed E-state index contributed by atoms with van der Waals surface area (Å²) in [5.74, 6) is 0.527. The van der Waals surface area contributed by atoms with Crippen LogP contribution in [0.3, 0.4) is 0 Å². The summed E-state index contributed by atoms with van der Waals surface area (Å²) in [4.78, 5) is 35.6. The number of anilines is 2. The smallest absolute Gasteiger partial charge is 0.255 e. The van der Waals surface area contributed by atoms with Gasteiger partial charge in [0.05, 0.1) is 0 Å². The highest BCUT2D eigenvalue weighted by Gasteiger charge is 2.45. The monoisotopic (exact) mass is 438 g/mol. The van der Waals surface area contributed by atoms with Crippen molar-refractivity contribution in [3.05, 3.63) is 72.3 Å². The number of fused-ring (bicyclic) bond motifs is 1. The minimum absolute atomic E-state index is 0.0405. The Morgan fingerprint density at radius 1 is 1.12 bits per heavy atom. The average molecular weight is 438 g/mol. The first-order valence-corrected chi connectivity index (χ1v) is 11.6. The molecule has 0 bridgehead atoms. The number of rotatable bonds is 5. The van der Waals surface area contributed by atoms with Gasteiger partial charge in [-0.05, 0) is 38.0 Å². The highest BCUT2D eigenvalue weighted by molar-refractivity contribution is 6.32. The number of benzene rings is 2. The van der Waals surface area contributed by atoms with E-state index in [2.05, 4.69) is 4.98 Å². The topological polar surface area (TPSA) is 58.4 Å². The molecular formula is C26H27BN4O2. The van der Waals surface area contributed by atoms with Crippen LogP contribution in [0.4, 0.5) is 11.4 Å². The molecular weight excluding hydrogens is 411 g/mol. The van der Waals surface area contributed by atoms with Crippen molar-refractivity contribution in [1.29, 1.82) is 0 Å². The van der Waals surface area contributed by atoms with Crippen LogP contribution in [-0.4, -0.2) is 35.3 Å². The normalized spacial score (nSPS) is 18.4. The molecule has 1 fully saturated rings. The van der Waals surface area contributed by atoms with E-state index in [0.717, 1.165) is 42.8 Å². The molecule has 2 aliphatic rings. The van der Waals surface area contributed by atoms with Crippen molar-refractivity contribution in [2.24, 2.45) is 0 Å². The molecule has 3 aromatic rings. The molecule has 7 heteroatoms. The molecule has 1 aliphatic heterocycles. The molecule has 2 aromatic carbocycles. The molecule has 1 aliphatic carbocycles. The predicted octanol–water partition coefficient (Wildman–Crippen LogP) is 3.44. The molecule has 0 spiro atoms. The lowest BCUT2D eigenvalue weighted by Gasteiger charge is -2.33. The summed E-state index contributed by atoms with van der Waals surface area (Å²) in [5, 5.41) is 0. The number of imidazole rings is 1. The summed E-state index contributed by atoms with van der Waals surface area (Å²) in [6.45, 7) is 1.95. The minimum Gasteiger partial charge on any atom is -0.326 e. The van der Waals surface area contributed by atoms with E-state index >= 15 is 0 Å². The van der Waals surface area contributed by atoms with E-state index in [-0.39, 0.29) is 24.4 Å². The van der Waals surface area contributed by atoms with Gasteiger partial charge in [-0.15, -0.1) is 0 Å². The summed E-state index contributed by atoms with van der Waals surface area (Å²) < 4.78 is 1.80. The number of hydrogen-bond acceptors (Lipinski definition) is 3. The summed E-state index contributed by atoms with van der Waals surface area (Å²) >= 11 is 0. The van der Waals surface area contributed by atoms with Gasteiger partial charge < -0.3 is 9.47 Å². The summed E-state index contributed by atoms with van der Waals surface area (Å²) in [5.41, 5.74) is 2.95. The van der Waals surface area contributed by atoms with E-state index < -0.39 is 6.04 Å². The van der Waals surface area contributed by atoms with Crippen LogP contribution in [0.5, 0.6) is 0 Å². The first-order valence-electron chi connectivity index (χ1n) is 11.6. The second-order valence-electron chi connectivity index (χ2n) is 8.92.